The van der Waals surface area contributed by atoms with Gasteiger partial charge in [0.2, 0.25) is 0 Å². The zero-order valence-electron chi connectivity index (χ0n) is 13.9. The largest absolute Gasteiger partial charge is 0.393 e. The predicted octanol–water partition coefficient (Wildman–Crippen LogP) is 3.72. The molecular formula is C19H33NO. The summed E-state index contributed by atoms with van der Waals surface area (Å²) < 4.78 is 0. The quantitative estimate of drug-likeness (QED) is 0.714. The highest BCUT2D eigenvalue weighted by Gasteiger charge is 2.59. The zero-order chi connectivity index (χ0) is 14.8. The van der Waals surface area contributed by atoms with Crippen molar-refractivity contribution >= 4 is 0 Å². The van der Waals surface area contributed by atoms with Crippen LogP contribution in [0.1, 0.15) is 71.6 Å². The van der Waals surface area contributed by atoms with Crippen molar-refractivity contribution in [3.8, 4) is 0 Å². The van der Waals surface area contributed by atoms with Gasteiger partial charge < -0.3 is 10.8 Å². The molecule has 0 saturated heterocycles. The van der Waals surface area contributed by atoms with Gasteiger partial charge in [-0.1, -0.05) is 13.8 Å². The monoisotopic (exact) mass is 291 g/mol. The molecule has 0 aromatic carbocycles. The Morgan fingerprint density at radius 1 is 0.857 bits per heavy atom. The lowest BCUT2D eigenvalue weighted by molar-refractivity contribution is -0.122. The van der Waals surface area contributed by atoms with E-state index in [9.17, 15) is 5.11 Å². The first-order valence-corrected chi connectivity index (χ1v) is 9.39. The van der Waals surface area contributed by atoms with E-state index in [0.29, 0.717) is 16.9 Å². The molecule has 0 aromatic heterocycles. The Hall–Kier alpha value is -0.0800. The summed E-state index contributed by atoms with van der Waals surface area (Å²) in [5, 5.41) is 10.1. The molecule has 0 unspecified atom stereocenters. The van der Waals surface area contributed by atoms with Crippen molar-refractivity contribution in [2.45, 2.75) is 83.8 Å². The van der Waals surface area contributed by atoms with Crippen molar-refractivity contribution in [2.24, 2.45) is 40.2 Å². The third-order valence-corrected chi connectivity index (χ3v) is 8.71. The van der Waals surface area contributed by atoms with Crippen LogP contribution in [0.3, 0.4) is 0 Å². The summed E-state index contributed by atoms with van der Waals surface area (Å²) in [6, 6.07) is 0.446. The van der Waals surface area contributed by atoms with E-state index in [2.05, 4.69) is 13.8 Å². The molecule has 2 heteroatoms. The first-order valence-electron chi connectivity index (χ1n) is 9.39. The number of nitrogens with two attached hydrogens (primary N) is 1. The van der Waals surface area contributed by atoms with Gasteiger partial charge in [0.25, 0.3) is 0 Å². The van der Waals surface area contributed by atoms with Gasteiger partial charge in [0, 0.05) is 6.04 Å². The van der Waals surface area contributed by atoms with Crippen LogP contribution < -0.4 is 5.73 Å². The van der Waals surface area contributed by atoms with Gasteiger partial charge in [-0.25, -0.2) is 0 Å². The summed E-state index contributed by atoms with van der Waals surface area (Å²) in [5.74, 6) is 3.50. The van der Waals surface area contributed by atoms with E-state index in [1.807, 2.05) is 0 Å². The van der Waals surface area contributed by atoms with Crippen LogP contribution in [-0.4, -0.2) is 17.3 Å². The minimum absolute atomic E-state index is 0.0200. The van der Waals surface area contributed by atoms with Gasteiger partial charge in [-0.05, 0) is 92.3 Å². The second-order valence-corrected chi connectivity index (χ2v) is 9.31. The average Bonchev–Trinajstić information content (AvgIpc) is 2.76. The molecule has 4 aliphatic carbocycles. The van der Waals surface area contributed by atoms with E-state index in [-0.39, 0.29) is 6.10 Å². The molecule has 120 valence electrons. The van der Waals surface area contributed by atoms with Crippen molar-refractivity contribution in [3.63, 3.8) is 0 Å². The molecule has 0 spiro atoms. The summed E-state index contributed by atoms with van der Waals surface area (Å²) in [5.41, 5.74) is 7.43. The van der Waals surface area contributed by atoms with Crippen molar-refractivity contribution in [1.82, 2.24) is 0 Å². The van der Waals surface area contributed by atoms with Gasteiger partial charge in [-0.15, -0.1) is 0 Å². The molecule has 4 fully saturated rings. The molecule has 0 radical (unpaired) electrons. The Morgan fingerprint density at radius 3 is 2.38 bits per heavy atom. The molecule has 0 heterocycles. The van der Waals surface area contributed by atoms with Gasteiger partial charge >= 0.3 is 0 Å². The number of hydrogen-bond acceptors (Lipinski definition) is 2. The molecule has 4 saturated carbocycles. The van der Waals surface area contributed by atoms with Crippen LogP contribution in [0.25, 0.3) is 0 Å². The molecule has 2 nitrogen and oxygen atoms in total. The minimum Gasteiger partial charge on any atom is -0.393 e. The molecule has 0 aliphatic heterocycles. The van der Waals surface area contributed by atoms with Crippen molar-refractivity contribution < 1.29 is 5.11 Å². The van der Waals surface area contributed by atoms with E-state index in [1.165, 1.54) is 44.9 Å². The normalized spacial score (nSPS) is 60.0. The maximum Gasteiger partial charge on any atom is 0.0543 e. The third-order valence-electron chi connectivity index (χ3n) is 8.71. The number of aliphatic hydroxyl groups is 1. The molecular weight excluding hydrogens is 258 g/mol. The zero-order valence-corrected chi connectivity index (χ0v) is 13.9. The lowest BCUT2D eigenvalue weighted by atomic mass is 9.45. The fourth-order valence-corrected chi connectivity index (χ4v) is 7.28. The van der Waals surface area contributed by atoms with Crippen molar-refractivity contribution in [3.05, 3.63) is 0 Å². The van der Waals surface area contributed by atoms with Crippen molar-refractivity contribution in [2.75, 3.05) is 0 Å². The van der Waals surface area contributed by atoms with Gasteiger partial charge in [0.1, 0.15) is 0 Å². The second-order valence-electron chi connectivity index (χ2n) is 9.31. The number of rotatable bonds is 0. The van der Waals surface area contributed by atoms with Crippen LogP contribution >= 0.6 is 0 Å². The summed E-state index contributed by atoms with van der Waals surface area (Å²) in [4.78, 5) is 0. The molecule has 21 heavy (non-hydrogen) atoms. The van der Waals surface area contributed by atoms with Crippen LogP contribution in [0.2, 0.25) is 0 Å². The third kappa shape index (κ3) is 1.91. The maximum absolute atomic E-state index is 10.1. The lowest BCUT2D eigenvalue weighted by Crippen LogP contribution is -2.55. The second kappa shape index (κ2) is 4.71. The Balaban J connectivity index is 1.62. The summed E-state index contributed by atoms with van der Waals surface area (Å²) in [6.45, 7) is 5.06. The van der Waals surface area contributed by atoms with E-state index in [0.717, 1.165) is 36.5 Å². The highest BCUT2D eigenvalue weighted by molar-refractivity contribution is 5.10. The van der Waals surface area contributed by atoms with Gasteiger partial charge in [0.15, 0.2) is 0 Å². The van der Waals surface area contributed by atoms with E-state index < -0.39 is 0 Å². The first kappa shape index (κ1) is 14.5. The molecule has 4 rings (SSSR count). The Labute approximate surface area is 129 Å². The highest BCUT2D eigenvalue weighted by Crippen LogP contribution is 2.65. The van der Waals surface area contributed by atoms with E-state index >= 15 is 0 Å². The smallest absolute Gasteiger partial charge is 0.0543 e. The van der Waals surface area contributed by atoms with Crippen molar-refractivity contribution in [1.29, 1.82) is 0 Å². The first-order chi connectivity index (χ1) is 9.95. The Morgan fingerprint density at radius 2 is 1.57 bits per heavy atom. The lowest BCUT2D eigenvalue weighted by Gasteiger charge is -2.60. The van der Waals surface area contributed by atoms with Gasteiger partial charge in [0.05, 0.1) is 6.10 Å². The average molecular weight is 291 g/mol. The predicted molar refractivity (Wildman–Crippen MR) is 85.7 cm³/mol. The molecule has 0 bridgehead atoms. The Kier molecular flexibility index (Phi) is 3.25. The number of aliphatic hydroxyl groups excluding tert-OH is 1. The van der Waals surface area contributed by atoms with Crippen LogP contribution in [0.5, 0.6) is 0 Å². The van der Waals surface area contributed by atoms with Gasteiger partial charge in [-0.2, -0.15) is 0 Å². The van der Waals surface area contributed by atoms with E-state index in [1.54, 1.807) is 0 Å². The Bertz CT molecular complexity index is 424. The topological polar surface area (TPSA) is 46.2 Å². The highest BCUT2D eigenvalue weighted by atomic mass is 16.3. The van der Waals surface area contributed by atoms with Crippen LogP contribution in [0.4, 0.5) is 0 Å². The SMILES string of the molecule is C[C@]12CC[C@H](O)C[C@@H]1CC[C@@H]1[C@@H]2CC[C@]2(C)[C@H](N)CC[C@@H]12. The molecule has 0 amide bonds. The van der Waals surface area contributed by atoms with Crippen LogP contribution in [-0.2, 0) is 0 Å². The molecule has 4 aliphatic rings. The minimum atomic E-state index is -0.0200. The fourth-order valence-electron chi connectivity index (χ4n) is 7.28. The van der Waals surface area contributed by atoms with Gasteiger partial charge in [-0.3, -0.25) is 0 Å². The summed E-state index contributed by atoms with van der Waals surface area (Å²) in [7, 11) is 0. The summed E-state index contributed by atoms with van der Waals surface area (Å²) in [6.07, 6.45) is 11.5. The standard InChI is InChI=1S/C19H33NO/c1-18-9-7-13(21)11-12(18)3-4-14-15-5-6-17(20)19(15,2)10-8-16(14)18/h12-17,21H,3-11,20H2,1-2H3/t12-,13-,14-,15-,16-,17+,18-,19-/m0/s1. The molecule has 8 atom stereocenters. The van der Waals surface area contributed by atoms with Crippen LogP contribution in [0, 0.1) is 34.5 Å². The summed E-state index contributed by atoms with van der Waals surface area (Å²) >= 11 is 0. The number of hydrogen-bond donors (Lipinski definition) is 2. The molecule has 3 N–H and O–H groups in total. The maximum atomic E-state index is 10.1. The number of fused-ring (bicyclic) bond motifs is 5. The molecule has 0 aromatic rings. The fraction of sp³-hybridized carbons (Fsp3) is 1.00. The van der Waals surface area contributed by atoms with E-state index in [4.69, 9.17) is 5.73 Å². The van der Waals surface area contributed by atoms with Crippen LogP contribution in [0.15, 0.2) is 0 Å².